The van der Waals surface area contributed by atoms with Crippen LogP contribution in [0.15, 0.2) is 24.3 Å². The van der Waals surface area contributed by atoms with Crippen LogP contribution in [0.2, 0.25) is 0 Å². The number of carbonyl (C=O) groups is 1. The first-order valence-electron chi connectivity index (χ1n) is 9.43. The fourth-order valence-corrected chi connectivity index (χ4v) is 2.93. The zero-order chi connectivity index (χ0) is 17.0. The molecule has 0 aromatic heterocycles. The lowest BCUT2D eigenvalue weighted by Crippen LogP contribution is -2.38. The molecule has 2 rings (SSSR count). The smallest absolute Gasteiger partial charge is 0.260 e. The summed E-state index contributed by atoms with van der Waals surface area (Å²) in [5, 5.41) is 0. The summed E-state index contributed by atoms with van der Waals surface area (Å²) in [7, 11) is 0. The van der Waals surface area contributed by atoms with Gasteiger partial charge in [-0.2, -0.15) is 0 Å². The molecule has 24 heavy (non-hydrogen) atoms. The third-order valence-corrected chi connectivity index (χ3v) is 4.39. The Hall–Kier alpha value is -1.71. The van der Waals surface area contributed by atoms with Crippen molar-refractivity contribution in [1.82, 2.24) is 4.90 Å². The van der Waals surface area contributed by atoms with E-state index < -0.39 is 0 Å². The largest absolute Gasteiger partial charge is 0.493 e. The second-order valence-corrected chi connectivity index (χ2v) is 6.47. The molecule has 134 valence electrons. The number of benzene rings is 1. The molecule has 0 bridgehead atoms. The number of carbonyl (C=O) groups excluding carboxylic acids is 1. The monoisotopic (exact) mass is 333 g/mol. The molecule has 4 nitrogen and oxygen atoms in total. The Balaban J connectivity index is 1.68. The summed E-state index contributed by atoms with van der Waals surface area (Å²) >= 11 is 0. The lowest BCUT2D eigenvalue weighted by molar-refractivity contribution is -0.134. The molecular weight excluding hydrogens is 302 g/mol. The van der Waals surface area contributed by atoms with Crippen molar-refractivity contribution in [2.24, 2.45) is 0 Å². The minimum Gasteiger partial charge on any atom is -0.493 e. The van der Waals surface area contributed by atoms with Crippen LogP contribution in [0.1, 0.15) is 58.3 Å². The summed E-state index contributed by atoms with van der Waals surface area (Å²) in [6.45, 7) is 4.80. The normalized spacial score (nSPS) is 14.5. The summed E-state index contributed by atoms with van der Waals surface area (Å²) in [6.07, 6.45) is 9.57. The van der Waals surface area contributed by atoms with E-state index in [0.29, 0.717) is 5.75 Å². The molecule has 1 amide bonds. The van der Waals surface area contributed by atoms with Crippen molar-refractivity contribution < 1.29 is 14.3 Å². The Kier molecular flexibility index (Phi) is 8.50. The Morgan fingerprint density at radius 2 is 1.71 bits per heavy atom. The van der Waals surface area contributed by atoms with Gasteiger partial charge in [0, 0.05) is 19.2 Å². The highest BCUT2D eigenvalue weighted by Gasteiger charge is 2.16. The second kappa shape index (κ2) is 11.0. The number of hydrogen-bond acceptors (Lipinski definition) is 3. The molecule has 0 N–H and O–H groups in total. The van der Waals surface area contributed by atoms with E-state index in [9.17, 15) is 4.79 Å². The molecule has 1 aromatic carbocycles. The van der Waals surface area contributed by atoms with Gasteiger partial charge in [-0.3, -0.25) is 4.79 Å². The van der Waals surface area contributed by atoms with Gasteiger partial charge in [-0.25, -0.2) is 0 Å². The summed E-state index contributed by atoms with van der Waals surface area (Å²) in [5.41, 5.74) is 0. The van der Waals surface area contributed by atoms with Crippen molar-refractivity contribution in [1.29, 1.82) is 0 Å². The van der Waals surface area contributed by atoms with E-state index in [1.807, 2.05) is 29.2 Å². The number of likely N-dealkylation sites (tertiary alicyclic amines) is 1. The van der Waals surface area contributed by atoms with Gasteiger partial charge >= 0.3 is 0 Å². The Morgan fingerprint density at radius 3 is 2.46 bits per heavy atom. The van der Waals surface area contributed by atoms with E-state index >= 15 is 0 Å². The molecule has 1 heterocycles. The molecular formula is C20H31NO3. The van der Waals surface area contributed by atoms with Gasteiger partial charge < -0.3 is 14.4 Å². The predicted octanol–water partition coefficient (Wildman–Crippen LogP) is 4.43. The molecule has 0 atom stereocenters. The first-order valence-corrected chi connectivity index (χ1v) is 9.43. The molecule has 0 radical (unpaired) electrons. The predicted molar refractivity (Wildman–Crippen MR) is 96.6 cm³/mol. The van der Waals surface area contributed by atoms with Crippen molar-refractivity contribution in [3.05, 3.63) is 24.3 Å². The average Bonchev–Trinajstić information content (AvgIpc) is 2.64. The maximum Gasteiger partial charge on any atom is 0.260 e. The molecule has 1 aliphatic heterocycles. The van der Waals surface area contributed by atoms with Gasteiger partial charge in [0.1, 0.15) is 11.5 Å². The molecule has 0 spiro atoms. The maximum atomic E-state index is 12.1. The van der Waals surface area contributed by atoms with Crippen LogP contribution in [0.4, 0.5) is 0 Å². The van der Waals surface area contributed by atoms with Crippen molar-refractivity contribution in [2.45, 2.75) is 58.3 Å². The Labute approximate surface area is 146 Å². The van der Waals surface area contributed by atoms with Crippen LogP contribution in [0.25, 0.3) is 0 Å². The number of nitrogens with zero attached hydrogens (tertiary/aromatic N) is 1. The van der Waals surface area contributed by atoms with Gasteiger partial charge in [0.2, 0.25) is 0 Å². The van der Waals surface area contributed by atoms with Gasteiger partial charge in [0.25, 0.3) is 5.91 Å². The van der Waals surface area contributed by atoms with Crippen molar-refractivity contribution >= 4 is 5.91 Å². The fraction of sp³-hybridized carbons (Fsp3) is 0.650. The third kappa shape index (κ3) is 6.81. The number of unbranched alkanes of at least 4 members (excludes halogenated alkanes) is 4. The molecule has 0 unspecified atom stereocenters. The van der Waals surface area contributed by atoms with E-state index in [0.717, 1.165) is 44.7 Å². The molecule has 1 aromatic rings. The minimum atomic E-state index is 0.0805. The van der Waals surface area contributed by atoms with Crippen LogP contribution in [0.5, 0.6) is 11.5 Å². The molecule has 0 saturated carbocycles. The summed E-state index contributed by atoms with van der Waals surface area (Å²) in [6, 6.07) is 7.59. The Morgan fingerprint density at radius 1 is 1.00 bits per heavy atom. The van der Waals surface area contributed by atoms with Gasteiger partial charge in [0.15, 0.2) is 6.61 Å². The quantitative estimate of drug-likeness (QED) is 0.595. The highest BCUT2D eigenvalue weighted by atomic mass is 16.5. The van der Waals surface area contributed by atoms with E-state index in [-0.39, 0.29) is 12.5 Å². The summed E-state index contributed by atoms with van der Waals surface area (Å²) < 4.78 is 11.4. The molecule has 1 aliphatic rings. The SMILES string of the molecule is CCCCCCCOc1cccc(OCC(=O)N2CCCCC2)c1. The Bertz CT molecular complexity index is 484. The van der Waals surface area contributed by atoms with Crippen LogP contribution in [0, 0.1) is 0 Å². The highest BCUT2D eigenvalue weighted by molar-refractivity contribution is 5.77. The van der Waals surface area contributed by atoms with E-state index in [1.165, 1.54) is 32.1 Å². The van der Waals surface area contributed by atoms with Crippen LogP contribution in [-0.4, -0.2) is 37.1 Å². The molecule has 0 aliphatic carbocycles. The lowest BCUT2D eigenvalue weighted by Gasteiger charge is -2.26. The zero-order valence-electron chi connectivity index (χ0n) is 15.0. The topological polar surface area (TPSA) is 38.8 Å². The molecule has 1 fully saturated rings. The van der Waals surface area contributed by atoms with Gasteiger partial charge in [-0.05, 0) is 37.8 Å². The van der Waals surface area contributed by atoms with Crippen LogP contribution in [0.3, 0.4) is 0 Å². The minimum absolute atomic E-state index is 0.0805. The average molecular weight is 333 g/mol. The fourth-order valence-electron chi connectivity index (χ4n) is 2.93. The number of ether oxygens (including phenoxy) is 2. The van der Waals surface area contributed by atoms with Crippen LogP contribution in [-0.2, 0) is 4.79 Å². The van der Waals surface area contributed by atoms with Gasteiger partial charge in [0.05, 0.1) is 6.61 Å². The van der Waals surface area contributed by atoms with E-state index in [2.05, 4.69) is 6.92 Å². The number of piperidine rings is 1. The lowest BCUT2D eigenvalue weighted by atomic mass is 10.1. The van der Waals surface area contributed by atoms with Gasteiger partial charge in [-0.1, -0.05) is 38.7 Å². The summed E-state index contributed by atoms with van der Waals surface area (Å²) in [5.74, 6) is 1.59. The first-order chi connectivity index (χ1) is 11.8. The van der Waals surface area contributed by atoms with Crippen LogP contribution >= 0.6 is 0 Å². The molecule has 1 saturated heterocycles. The van der Waals surface area contributed by atoms with Crippen molar-refractivity contribution in [3.63, 3.8) is 0 Å². The van der Waals surface area contributed by atoms with E-state index in [1.54, 1.807) is 0 Å². The summed E-state index contributed by atoms with van der Waals surface area (Å²) in [4.78, 5) is 14.0. The standard InChI is InChI=1S/C20H31NO3/c1-2-3-4-5-9-15-23-18-11-10-12-19(16-18)24-17-20(22)21-13-7-6-8-14-21/h10-12,16H,2-9,13-15,17H2,1H3. The maximum absolute atomic E-state index is 12.1. The van der Waals surface area contributed by atoms with Crippen molar-refractivity contribution in [2.75, 3.05) is 26.3 Å². The van der Waals surface area contributed by atoms with E-state index in [4.69, 9.17) is 9.47 Å². The number of amides is 1. The first kappa shape index (κ1) is 18.6. The third-order valence-electron chi connectivity index (χ3n) is 4.39. The highest BCUT2D eigenvalue weighted by Crippen LogP contribution is 2.20. The zero-order valence-corrected chi connectivity index (χ0v) is 15.0. The number of rotatable bonds is 10. The van der Waals surface area contributed by atoms with Crippen LogP contribution < -0.4 is 9.47 Å². The number of hydrogen-bond donors (Lipinski definition) is 0. The van der Waals surface area contributed by atoms with Crippen molar-refractivity contribution in [3.8, 4) is 11.5 Å². The second-order valence-electron chi connectivity index (χ2n) is 6.47. The van der Waals surface area contributed by atoms with Gasteiger partial charge in [-0.15, -0.1) is 0 Å². The molecule has 4 heteroatoms.